The van der Waals surface area contributed by atoms with E-state index in [0.29, 0.717) is 12.4 Å². The lowest BCUT2D eigenvalue weighted by atomic mass is 10.0. The predicted molar refractivity (Wildman–Crippen MR) is 86.8 cm³/mol. The van der Waals surface area contributed by atoms with Crippen LogP contribution < -0.4 is 9.64 Å². The number of anilines is 1. The lowest BCUT2D eigenvalue weighted by molar-refractivity contribution is -0.385. The quantitative estimate of drug-likeness (QED) is 0.674. The Labute approximate surface area is 134 Å². The smallest absolute Gasteiger partial charge is 0.311 e. The van der Waals surface area contributed by atoms with Gasteiger partial charge in [-0.25, -0.2) is 4.98 Å². The summed E-state index contributed by atoms with van der Waals surface area (Å²) in [7, 11) is 0. The fourth-order valence-electron chi connectivity index (χ4n) is 3.09. The summed E-state index contributed by atoms with van der Waals surface area (Å²) in [6.07, 6.45) is 6.83. The van der Waals surface area contributed by atoms with Crippen LogP contribution in [0.5, 0.6) is 5.75 Å². The number of ether oxygens (including phenoxy) is 1. The first kappa shape index (κ1) is 15.3. The summed E-state index contributed by atoms with van der Waals surface area (Å²) in [6, 6.07) is 5.24. The molecule has 2 heterocycles. The highest BCUT2D eigenvalue weighted by molar-refractivity contribution is 5.60. The highest BCUT2D eigenvalue weighted by Crippen LogP contribution is 2.38. The summed E-state index contributed by atoms with van der Waals surface area (Å²) < 4.78 is 5.46. The Morgan fingerprint density at radius 1 is 1.48 bits per heavy atom. The van der Waals surface area contributed by atoms with Crippen molar-refractivity contribution in [2.24, 2.45) is 0 Å². The van der Waals surface area contributed by atoms with Crippen molar-refractivity contribution in [3.05, 3.63) is 46.5 Å². The van der Waals surface area contributed by atoms with Gasteiger partial charge in [0.05, 0.1) is 17.6 Å². The molecule has 1 N–H and O–H groups in total. The van der Waals surface area contributed by atoms with Crippen molar-refractivity contribution in [3.8, 4) is 5.75 Å². The summed E-state index contributed by atoms with van der Waals surface area (Å²) in [5, 5.41) is 11.1. The Balaban J connectivity index is 1.95. The zero-order valence-electron chi connectivity index (χ0n) is 13.1. The number of hydrogen-bond acceptors (Lipinski definition) is 5. The summed E-state index contributed by atoms with van der Waals surface area (Å²) >= 11 is 0. The summed E-state index contributed by atoms with van der Waals surface area (Å²) in [5.41, 5.74) is 0.933. The second-order valence-corrected chi connectivity index (χ2v) is 5.52. The number of aromatic amines is 1. The number of H-pyrrole nitrogens is 1. The second kappa shape index (κ2) is 6.68. The van der Waals surface area contributed by atoms with Gasteiger partial charge in [0.1, 0.15) is 5.82 Å². The zero-order chi connectivity index (χ0) is 16.2. The highest BCUT2D eigenvalue weighted by Gasteiger charge is 2.27. The third-order valence-corrected chi connectivity index (χ3v) is 4.11. The number of nitro benzene ring substituents is 1. The third-order valence-electron chi connectivity index (χ3n) is 4.11. The summed E-state index contributed by atoms with van der Waals surface area (Å²) in [5.74, 6) is 1.25. The van der Waals surface area contributed by atoms with Crippen LogP contribution in [0.25, 0.3) is 0 Å². The van der Waals surface area contributed by atoms with Gasteiger partial charge in [-0.3, -0.25) is 10.1 Å². The Morgan fingerprint density at radius 2 is 2.35 bits per heavy atom. The molecule has 2 aromatic rings. The topological polar surface area (TPSA) is 84.3 Å². The number of nitro groups is 1. The van der Waals surface area contributed by atoms with E-state index in [9.17, 15) is 10.1 Å². The maximum absolute atomic E-state index is 11.1. The minimum atomic E-state index is -0.408. The molecule has 3 rings (SSSR count). The fourth-order valence-corrected chi connectivity index (χ4v) is 3.09. The molecule has 0 aliphatic carbocycles. The SMILES string of the molecule is CCOc1cc(N2CCCCC2c2ncc[nH]2)ccc1[N+](=O)[O-]. The molecular formula is C16H20N4O3. The molecular weight excluding hydrogens is 296 g/mol. The number of hydrogen-bond donors (Lipinski definition) is 1. The standard InChI is InChI=1S/C16H20N4O3/c1-2-23-15-11-12(6-7-13(15)20(21)22)19-10-4-3-5-14(19)16-17-8-9-18-16/h6-9,11,14H,2-5,10H2,1H3,(H,17,18). The Morgan fingerprint density at radius 3 is 3.04 bits per heavy atom. The van der Waals surface area contributed by atoms with E-state index in [1.807, 2.05) is 13.1 Å². The van der Waals surface area contributed by atoms with Gasteiger partial charge in [-0.15, -0.1) is 0 Å². The van der Waals surface area contributed by atoms with Gasteiger partial charge in [0.25, 0.3) is 0 Å². The number of benzene rings is 1. The van der Waals surface area contributed by atoms with Crippen molar-refractivity contribution in [3.63, 3.8) is 0 Å². The Kier molecular flexibility index (Phi) is 4.45. The van der Waals surface area contributed by atoms with Gasteiger partial charge in [0.15, 0.2) is 5.75 Å². The molecule has 1 atom stereocenters. The van der Waals surface area contributed by atoms with Crippen molar-refractivity contribution >= 4 is 11.4 Å². The van der Waals surface area contributed by atoms with Crippen LogP contribution in [-0.4, -0.2) is 28.0 Å². The van der Waals surface area contributed by atoms with E-state index in [1.54, 1.807) is 18.3 Å². The maximum atomic E-state index is 11.1. The normalized spacial score (nSPS) is 18.0. The predicted octanol–water partition coefficient (Wildman–Crippen LogP) is 3.45. The number of nitrogens with zero attached hydrogens (tertiary/aromatic N) is 3. The van der Waals surface area contributed by atoms with Gasteiger partial charge in [-0.05, 0) is 32.3 Å². The molecule has 0 saturated carbocycles. The van der Waals surface area contributed by atoms with Crippen LogP contribution in [0.2, 0.25) is 0 Å². The molecule has 1 unspecified atom stereocenters. The maximum Gasteiger partial charge on any atom is 0.311 e. The molecule has 0 bridgehead atoms. The average molecular weight is 316 g/mol. The number of nitrogens with one attached hydrogen (secondary N) is 1. The first-order valence-corrected chi connectivity index (χ1v) is 7.88. The minimum Gasteiger partial charge on any atom is -0.487 e. The van der Waals surface area contributed by atoms with Gasteiger partial charge >= 0.3 is 5.69 Å². The molecule has 0 radical (unpaired) electrons. The lowest BCUT2D eigenvalue weighted by Gasteiger charge is -2.36. The van der Waals surface area contributed by atoms with Crippen LogP contribution in [0.15, 0.2) is 30.6 Å². The number of aromatic nitrogens is 2. The molecule has 0 amide bonds. The van der Waals surface area contributed by atoms with Crippen LogP contribution in [0.4, 0.5) is 11.4 Å². The van der Waals surface area contributed by atoms with Crippen LogP contribution in [-0.2, 0) is 0 Å². The van der Waals surface area contributed by atoms with Gasteiger partial charge in [0, 0.05) is 36.8 Å². The van der Waals surface area contributed by atoms with Crippen LogP contribution >= 0.6 is 0 Å². The van der Waals surface area contributed by atoms with Gasteiger partial charge in [0.2, 0.25) is 0 Å². The van der Waals surface area contributed by atoms with Crippen LogP contribution in [0.3, 0.4) is 0 Å². The van der Waals surface area contributed by atoms with E-state index in [1.165, 1.54) is 6.07 Å². The molecule has 1 aliphatic rings. The second-order valence-electron chi connectivity index (χ2n) is 5.52. The van der Waals surface area contributed by atoms with E-state index in [0.717, 1.165) is 37.3 Å². The number of imidazole rings is 1. The molecule has 122 valence electrons. The van der Waals surface area contributed by atoms with E-state index in [2.05, 4.69) is 14.9 Å². The van der Waals surface area contributed by atoms with Gasteiger partial charge in [-0.2, -0.15) is 0 Å². The molecule has 23 heavy (non-hydrogen) atoms. The van der Waals surface area contributed by atoms with Crippen LogP contribution in [0, 0.1) is 10.1 Å². The van der Waals surface area contributed by atoms with Crippen molar-refractivity contribution in [1.29, 1.82) is 0 Å². The average Bonchev–Trinajstić information content (AvgIpc) is 3.09. The monoisotopic (exact) mass is 316 g/mol. The lowest BCUT2D eigenvalue weighted by Crippen LogP contribution is -2.34. The summed E-state index contributed by atoms with van der Waals surface area (Å²) in [6.45, 7) is 3.11. The van der Waals surface area contributed by atoms with Crippen molar-refractivity contribution in [2.75, 3.05) is 18.1 Å². The molecule has 1 saturated heterocycles. The molecule has 1 aromatic carbocycles. The molecule has 1 fully saturated rings. The Hall–Kier alpha value is -2.57. The van der Waals surface area contributed by atoms with Gasteiger partial charge < -0.3 is 14.6 Å². The molecule has 7 nitrogen and oxygen atoms in total. The summed E-state index contributed by atoms with van der Waals surface area (Å²) in [4.78, 5) is 20.5. The number of piperidine rings is 1. The van der Waals surface area contributed by atoms with E-state index in [-0.39, 0.29) is 11.7 Å². The highest BCUT2D eigenvalue weighted by atomic mass is 16.6. The van der Waals surface area contributed by atoms with E-state index in [4.69, 9.17) is 4.74 Å². The van der Waals surface area contributed by atoms with E-state index >= 15 is 0 Å². The van der Waals surface area contributed by atoms with Gasteiger partial charge in [-0.1, -0.05) is 0 Å². The van der Waals surface area contributed by atoms with E-state index < -0.39 is 4.92 Å². The van der Waals surface area contributed by atoms with Crippen LogP contribution in [0.1, 0.15) is 38.1 Å². The van der Waals surface area contributed by atoms with Crippen molar-refractivity contribution < 1.29 is 9.66 Å². The van der Waals surface area contributed by atoms with Crippen molar-refractivity contribution in [1.82, 2.24) is 9.97 Å². The van der Waals surface area contributed by atoms with Crippen molar-refractivity contribution in [2.45, 2.75) is 32.2 Å². The first-order chi connectivity index (χ1) is 11.2. The Bertz CT molecular complexity index is 672. The third kappa shape index (κ3) is 3.13. The molecule has 1 aromatic heterocycles. The molecule has 0 spiro atoms. The zero-order valence-corrected chi connectivity index (χ0v) is 13.1. The first-order valence-electron chi connectivity index (χ1n) is 7.88. The largest absolute Gasteiger partial charge is 0.487 e. The molecule has 7 heteroatoms. The fraction of sp³-hybridized carbons (Fsp3) is 0.438. The number of rotatable bonds is 5. The molecule has 1 aliphatic heterocycles. The minimum absolute atomic E-state index is 0.00200.